The zero-order chi connectivity index (χ0) is 16.7. The van der Waals surface area contributed by atoms with Gasteiger partial charge in [-0.05, 0) is 34.7 Å². The van der Waals surface area contributed by atoms with E-state index in [2.05, 4.69) is 42.5 Å². The van der Waals surface area contributed by atoms with Crippen LogP contribution in [0.5, 0.6) is 0 Å². The number of aromatic amines is 1. The van der Waals surface area contributed by atoms with Gasteiger partial charge in [-0.25, -0.2) is 19.3 Å². The first-order chi connectivity index (χ1) is 11.6. The fraction of sp³-hybridized carbons (Fsp3) is 0.0625. The summed E-state index contributed by atoms with van der Waals surface area (Å²) in [5, 5.41) is 1.26. The van der Waals surface area contributed by atoms with E-state index in [-0.39, 0.29) is 5.82 Å². The molecule has 0 atom stereocenters. The van der Waals surface area contributed by atoms with Crippen molar-refractivity contribution in [3.8, 4) is 11.4 Å². The van der Waals surface area contributed by atoms with E-state index in [1.165, 1.54) is 12.4 Å². The number of nitrogens with zero attached hydrogens (tertiary/aromatic N) is 4. The van der Waals surface area contributed by atoms with Crippen LogP contribution in [0.4, 0.5) is 4.39 Å². The highest BCUT2D eigenvalue weighted by molar-refractivity contribution is 14.1. The molecule has 8 heteroatoms. The number of hydrogen-bond acceptors (Lipinski definition) is 3. The van der Waals surface area contributed by atoms with Gasteiger partial charge in [0, 0.05) is 9.77 Å². The van der Waals surface area contributed by atoms with E-state index in [1.54, 1.807) is 24.4 Å². The largest absolute Gasteiger partial charge is 0.340 e. The molecule has 0 spiro atoms. The molecule has 0 bridgehead atoms. The Labute approximate surface area is 155 Å². The van der Waals surface area contributed by atoms with Crippen molar-refractivity contribution >= 4 is 45.2 Å². The Morgan fingerprint density at radius 1 is 1.21 bits per heavy atom. The first-order valence-corrected chi connectivity index (χ1v) is 8.53. The van der Waals surface area contributed by atoms with Crippen LogP contribution >= 0.6 is 34.2 Å². The minimum Gasteiger partial charge on any atom is -0.340 e. The third-order valence-corrected chi connectivity index (χ3v) is 4.76. The zero-order valence-electron chi connectivity index (χ0n) is 12.2. The van der Waals surface area contributed by atoms with E-state index in [1.807, 2.05) is 10.8 Å². The quantitative estimate of drug-likeness (QED) is 0.372. The molecule has 5 nitrogen and oxygen atoms in total. The van der Waals surface area contributed by atoms with Crippen molar-refractivity contribution in [1.29, 1.82) is 0 Å². The van der Waals surface area contributed by atoms with Gasteiger partial charge in [0.1, 0.15) is 28.8 Å². The predicted octanol–water partition coefficient (Wildman–Crippen LogP) is 4.27. The second kappa shape index (κ2) is 6.14. The number of H-pyrrole nitrogens is 1. The van der Waals surface area contributed by atoms with Crippen LogP contribution in [0.15, 0.2) is 43.0 Å². The summed E-state index contributed by atoms with van der Waals surface area (Å²) < 4.78 is 16.8. The highest BCUT2D eigenvalue weighted by Gasteiger charge is 2.14. The van der Waals surface area contributed by atoms with Crippen molar-refractivity contribution in [2.45, 2.75) is 6.54 Å². The van der Waals surface area contributed by atoms with Gasteiger partial charge in [0.05, 0.1) is 29.4 Å². The average Bonchev–Trinajstić information content (AvgIpc) is 3.14. The zero-order valence-corrected chi connectivity index (χ0v) is 15.1. The van der Waals surface area contributed by atoms with Crippen LogP contribution in [0, 0.1) is 9.39 Å². The van der Waals surface area contributed by atoms with Gasteiger partial charge in [0.25, 0.3) is 0 Å². The van der Waals surface area contributed by atoms with Crippen molar-refractivity contribution in [3.05, 3.63) is 63.2 Å². The molecule has 24 heavy (non-hydrogen) atoms. The lowest BCUT2D eigenvalue weighted by molar-refractivity contribution is 0.630. The van der Waals surface area contributed by atoms with Crippen molar-refractivity contribution in [3.63, 3.8) is 0 Å². The fourth-order valence-corrected chi connectivity index (χ4v) is 3.80. The second-order valence-corrected chi connectivity index (χ2v) is 6.73. The van der Waals surface area contributed by atoms with Crippen LogP contribution in [0.25, 0.3) is 22.4 Å². The van der Waals surface area contributed by atoms with E-state index >= 15 is 0 Å². The van der Waals surface area contributed by atoms with Crippen molar-refractivity contribution in [2.24, 2.45) is 0 Å². The maximum absolute atomic E-state index is 13.9. The summed E-state index contributed by atoms with van der Waals surface area (Å²) in [6, 6.07) is 6.54. The molecule has 1 aromatic carbocycles. The molecule has 0 aliphatic heterocycles. The van der Waals surface area contributed by atoms with Crippen LogP contribution in [0.3, 0.4) is 0 Å². The number of imidazole rings is 1. The summed E-state index contributed by atoms with van der Waals surface area (Å²) >= 11 is 8.35. The number of rotatable bonds is 3. The molecule has 0 aliphatic rings. The Morgan fingerprint density at radius 2 is 2.04 bits per heavy atom. The summed E-state index contributed by atoms with van der Waals surface area (Å²) in [5.41, 5.74) is 2.04. The molecule has 0 saturated carbocycles. The van der Waals surface area contributed by atoms with E-state index in [9.17, 15) is 4.39 Å². The molecule has 120 valence electrons. The van der Waals surface area contributed by atoms with E-state index in [0.29, 0.717) is 23.1 Å². The monoisotopic (exact) mass is 453 g/mol. The van der Waals surface area contributed by atoms with Gasteiger partial charge in [-0.15, -0.1) is 0 Å². The summed E-state index contributed by atoms with van der Waals surface area (Å²) in [6.07, 6.45) is 5.09. The summed E-state index contributed by atoms with van der Waals surface area (Å²) in [6.45, 7) is 0.522. The van der Waals surface area contributed by atoms with Gasteiger partial charge < -0.3 is 9.55 Å². The molecule has 1 N–H and O–H groups in total. The van der Waals surface area contributed by atoms with Crippen molar-refractivity contribution in [2.75, 3.05) is 0 Å². The van der Waals surface area contributed by atoms with Crippen LogP contribution in [-0.4, -0.2) is 24.5 Å². The molecule has 0 radical (unpaired) electrons. The second-order valence-electron chi connectivity index (χ2n) is 5.20. The molecule has 0 saturated heterocycles. The van der Waals surface area contributed by atoms with Crippen molar-refractivity contribution < 1.29 is 4.39 Å². The number of benzene rings is 1. The lowest BCUT2D eigenvalue weighted by atomic mass is 10.2. The van der Waals surface area contributed by atoms with Gasteiger partial charge >= 0.3 is 0 Å². The molecule has 3 aromatic heterocycles. The number of nitrogens with one attached hydrogen (secondary N) is 1. The fourth-order valence-electron chi connectivity index (χ4n) is 2.57. The molecule has 0 unspecified atom stereocenters. The molecule has 0 amide bonds. The molecule has 0 fully saturated rings. The number of hydrogen-bond donors (Lipinski definition) is 1. The Bertz CT molecular complexity index is 1040. The Kier molecular flexibility index (Phi) is 3.97. The summed E-state index contributed by atoms with van der Waals surface area (Å²) in [7, 11) is 0. The smallest absolute Gasteiger partial charge is 0.146 e. The molecular weight excluding hydrogens is 444 g/mol. The standard InChI is InChI=1S/C16H10ClFIN5/c17-14-13-12(19)7-24(16(13)22-8-21-14)6-9-5-20-15(23-9)10-3-1-2-4-11(10)18/h1-5,7-8H,6H2,(H,20,23). The first kappa shape index (κ1) is 15.5. The Balaban J connectivity index is 1.70. The van der Waals surface area contributed by atoms with Crippen molar-refractivity contribution in [1.82, 2.24) is 24.5 Å². The number of fused-ring (bicyclic) bond motifs is 1. The minimum atomic E-state index is -0.307. The SMILES string of the molecule is Fc1ccccc1-c1ncc(Cn2cc(I)c3c(Cl)ncnc32)[nH]1. The van der Waals surface area contributed by atoms with E-state index in [0.717, 1.165) is 20.3 Å². The van der Waals surface area contributed by atoms with Gasteiger partial charge in [0.2, 0.25) is 0 Å². The van der Waals surface area contributed by atoms with Crippen LogP contribution in [-0.2, 0) is 6.54 Å². The number of aromatic nitrogens is 5. The topological polar surface area (TPSA) is 59.4 Å². The minimum absolute atomic E-state index is 0.307. The molecule has 4 aromatic rings. The Hall–Kier alpha value is -2.00. The van der Waals surface area contributed by atoms with Crippen LogP contribution < -0.4 is 0 Å². The average molecular weight is 454 g/mol. The van der Waals surface area contributed by atoms with Gasteiger partial charge in [-0.3, -0.25) is 0 Å². The third-order valence-electron chi connectivity index (χ3n) is 3.66. The Morgan fingerprint density at radius 3 is 2.88 bits per heavy atom. The maximum Gasteiger partial charge on any atom is 0.146 e. The molecule has 3 heterocycles. The van der Waals surface area contributed by atoms with Gasteiger partial charge in [0.15, 0.2) is 0 Å². The lowest BCUT2D eigenvalue weighted by Crippen LogP contribution is -2.00. The van der Waals surface area contributed by atoms with E-state index in [4.69, 9.17) is 11.6 Å². The number of halogens is 3. The summed E-state index contributed by atoms with van der Waals surface area (Å²) in [4.78, 5) is 15.8. The molecular formula is C16H10ClFIN5. The predicted molar refractivity (Wildman–Crippen MR) is 98.3 cm³/mol. The summed E-state index contributed by atoms with van der Waals surface area (Å²) in [5.74, 6) is 0.195. The van der Waals surface area contributed by atoms with Crippen LogP contribution in [0.1, 0.15) is 5.69 Å². The highest BCUT2D eigenvalue weighted by atomic mass is 127. The highest BCUT2D eigenvalue weighted by Crippen LogP contribution is 2.27. The first-order valence-electron chi connectivity index (χ1n) is 7.07. The normalized spacial score (nSPS) is 11.3. The van der Waals surface area contributed by atoms with Gasteiger partial charge in [-0.1, -0.05) is 23.7 Å². The third kappa shape index (κ3) is 2.67. The van der Waals surface area contributed by atoms with Gasteiger partial charge in [-0.2, -0.15) is 0 Å². The van der Waals surface area contributed by atoms with Crippen LogP contribution in [0.2, 0.25) is 5.15 Å². The molecule has 4 rings (SSSR count). The molecule has 0 aliphatic carbocycles. The van der Waals surface area contributed by atoms with E-state index < -0.39 is 0 Å². The lowest BCUT2D eigenvalue weighted by Gasteiger charge is -2.02. The maximum atomic E-state index is 13.9.